The van der Waals surface area contributed by atoms with Crippen LogP contribution in [0.25, 0.3) is 11.3 Å². The van der Waals surface area contributed by atoms with Crippen LogP contribution in [0.1, 0.15) is 12.8 Å². The van der Waals surface area contributed by atoms with Gasteiger partial charge in [0, 0.05) is 12.0 Å². The lowest BCUT2D eigenvalue weighted by Gasteiger charge is -2.14. The van der Waals surface area contributed by atoms with E-state index in [2.05, 4.69) is 34.2 Å². The van der Waals surface area contributed by atoms with Crippen LogP contribution in [0.15, 0.2) is 65.0 Å². The lowest BCUT2D eigenvalue weighted by molar-refractivity contribution is 0.0968. The van der Waals surface area contributed by atoms with Gasteiger partial charge in [-0.2, -0.15) is 0 Å². The molecule has 0 spiro atoms. The molecule has 0 aliphatic carbocycles. The molecule has 0 bridgehead atoms. The zero-order chi connectivity index (χ0) is 17.8. The molecule has 4 nitrogen and oxygen atoms in total. The Labute approximate surface area is 157 Å². The molecular formula is C21H22N2O2S. The third-order valence-electron chi connectivity index (χ3n) is 4.57. The molecule has 1 saturated heterocycles. The normalized spacial score (nSPS) is 17.6. The zero-order valence-corrected chi connectivity index (χ0v) is 15.6. The Morgan fingerprint density at radius 2 is 1.96 bits per heavy atom. The van der Waals surface area contributed by atoms with Crippen molar-refractivity contribution >= 4 is 17.0 Å². The number of ether oxygens (including phenoxy) is 2. The first kappa shape index (κ1) is 17.1. The molecule has 1 unspecified atom stereocenters. The first-order chi connectivity index (χ1) is 12.8. The third-order valence-corrected chi connectivity index (χ3v) is 5.44. The van der Waals surface area contributed by atoms with Crippen LogP contribution < -0.4 is 9.54 Å². The average molecular weight is 366 g/mol. The first-order valence-corrected chi connectivity index (χ1v) is 9.75. The molecule has 1 aliphatic heterocycles. The molecule has 0 N–H and O–H groups in total. The van der Waals surface area contributed by atoms with Crippen LogP contribution in [0, 0.1) is 0 Å². The van der Waals surface area contributed by atoms with Gasteiger partial charge in [-0.25, -0.2) is 4.99 Å². The maximum Gasteiger partial charge on any atom is 0.190 e. The molecule has 3 aromatic rings. The van der Waals surface area contributed by atoms with E-state index in [4.69, 9.17) is 14.5 Å². The number of nitrogens with zero attached hydrogens (tertiary/aromatic N) is 2. The molecule has 26 heavy (non-hydrogen) atoms. The van der Waals surface area contributed by atoms with E-state index >= 15 is 0 Å². The molecule has 5 heteroatoms. The summed E-state index contributed by atoms with van der Waals surface area (Å²) in [5.41, 5.74) is 3.32. The standard InChI is InChI=1S/C21H22N2O2S/c1-24-18-11-9-17(10-12-18)22-21-23(14-19-8-5-13-25-19)20(15-26-21)16-6-3-2-4-7-16/h2-4,6-7,9-12,15,19H,5,8,13-14H2,1H3. The largest absolute Gasteiger partial charge is 0.497 e. The maximum absolute atomic E-state index is 5.88. The number of benzene rings is 2. The smallest absolute Gasteiger partial charge is 0.190 e. The summed E-state index contributed by atoms with van der Waals surface area (Å²) in [5, 5.41) is 2.19. The van der Waals surface area contributed by atoms with Crippen molar-refractivity contribution in [2.75, 3.05) is 13.7 Å². The Kier molecular flexibility index (Phi) is 5.18. The summed E-state index contributed by atoms with van der Waals surface area (Å²) in [4.78, 5) is 5.87. The van der Waals surface area contributed by atoms with Gasteiger partial charge in [0.25, 0.3) is 0 Å². The first-order valence-electron chi connectivity index (χ1n) is 8.87. The fourth-order valence-corrected chi connectivity index (χ4v) is 4.13. The van der Waals surface area contributed by atoms with Crippen molar-refractivity contribution in [1.29, 1.82) is 0 Å². The summed E-state index contributed by atoms with van der Waals surface area (Å²) in [6.07, 6.45) is 2.52. The van der Waals surface area contributed by atoms with Crippen LogP contribution in [0.4, 0.5) is 5.69 Å². The number of hydrogen-bond acceptors (Lipinski definition) is 4. The third kappa shape index (κ3) is 3.74. The molecule has 134 valence electrons. The van der Waals surface area contributed by atoms with E-state index in [0.29, 0.717) is 0 Å². The van der Waals surface area contributed by atoms with Crippen molar-refractivity contribution in [3.05, 3.63) is 64.8 Å². The molecule has 0 radical (unpaired) electrons. The molecule has 2 aromatic carbocycles. The second kappa shape index (κ2) is 7.89. The fraction of sp³-hybridized carbons (Fsp3) is 0.286. The molecule has 0 amide bonds. The van der Waals surface area contributed by atoms with Gasteiger partial charge >= 0.3 is 0 Å². The van der Waals surface area contributed by atoms with Gasteiger partial charge in [-0.05, 0) is 42.7 Å². The summed E-state index contributed by atoms with van der Waals surface area (Å²) in [6, 6.07) is 18.3. The van der Waals surface area contributed by atoms with Gasteiger partial charge in [0.15, 0.2) is 4.80 Å². The second-order valence-electron chi connectivity index (χ2n) is 6.33. The van der Waals surface area contributed by atoms with Crippen molar-refractivity contribution in [3.8, 4) is 17.0 Å². The van der Waals surface area contributed by atoms with E-state index in [1.165, 1.54) is 11.3 Å². The predicted octanol–water partition coefficient (Wildman–Crippen LogP) is 4.64. The highest BCUT2D eigenvalue weighted by atomic mass is 32.1. The Hall–Kier alpha value is -2.37. The average Bonchev–Trinajstić information content (AvgIpc) is 3.34. The van der Waals surface area contributed by atoms with Crippen molar-refractivity contribution in [3.63, 3.8) is 0 Å². The van der Waals surface area contributed by atoms with E-state index in [1.54, 1.807) is 18.4 Å². The lowest BCUT2D eigenvalue weighted by atomic mass is 10.1. The molecular weight excluding hydrogens is 344 g/mol. The number of hydrogen-bond donors (Lipinski definition) is 0. The summed E-state index contributed by atoms with van der Waals surface area (Å²) in [7, 11) is 1.67. The topological polar surface area (TPSA) is 35.8 Å². The van der Waals surface area contributed by atoms with Gasteiger partial charge in [0.1, 0.15) is 5.75 Å². The van der Waals surface area contributed by atoms with Gasteiger partial charge in [0.2, 0.25) is 0 Å². The minimum absolute atomic E-state index is 0.266. The Bertz CT molecular complexity index is 907. The van der Waals surface area contributed by atoms with Crippen LogP contribution in [0.5, 0.6) is 5.75 Å². The fourth-order valence-electron chi connectivity index (χ4n) is 3.19. The molecule has 0 saturated carbocycles. The Morgan fingerprint density at radius 1 is 1.15 bits per heavy atom. The minimum Gasteiger partial charge on any atom is -0.497 e. The Balaban J connectivity index is 1.75. The van der Waals surface area contributed by atoms with Gasteiger partial charge in [0.05, 0.1) is 31.1 Å². The molecule has 4 rings (SSSR count). The SMILES string of the molecule is COc1ccc(N=c2scc(-c3ccccc3)n2CC2CCCO2)cc1. The number of methoxy groups -OCH3 is 1. The van der Waals surface area contributed by atoms with E-state index in [-0.39, 0.29) is 6.10 Å². The van der Waals surface area contributed by atoms with E-state index in [0.717, 1.165) is 42.2 Å². The van der Waals surface area contributed by atoms with E-state index in [9.17, 15) is 0 Å². The van der Waals surface area contributed by atoms with Crippen molar-refractivity contribution < 1.29 is 9.47 Å². The number of aromatic nitrogens is 1. The maximum atomic E-state index is 5.88. The van der Waals surface area contributed by atoms with Crippen LogP contribution in [0.2, 0.25) is 0 Å². The highest BCUT2D eigenvalue weighted by Crippen LogP contribution is 2.23. The quantitative estimate of drug-likeness (QED) is 0.660. The summed E-state index contributed by atoms with van der Waals surface area (Å²) in [5.74, 6) is 0.840. The number of rotatable bonds is 5. The van der Waals surface area contributed by atoms with Crippen molar-refractivity contribution in [2.45, 2.75) is 25.5 Å². The molecule has 2 heterocycles. The zero-order valence-electron chi connectivity index (χ0n) is 14.8. The molecule has 1 atom stereocenters. The summed E-state index contributed by atoms with van der Waals surface area (Å²) < 4.78 is 13.4. The van der Waals surface area contributed by atoms with Crippen molar-refractivity contribution in [2.24, 2.45) is 4.99 Å². The molecule has 1 aliphatic rings. The van der Waals surface area contributed by atoms with E-state index < -0.39 is 0 Å². The second-order valence-corrected chi connectivity index (χ2v) is 7.16. The monoisotopic (exact) mass is 366 g/mol. The summed E-state index contributed by atoms with van der Waals surface area (Å²) >= 11 is 1.67. The number of thiazole rings is 1. The molecule has 1 aromatic heterocycles. The van der Waals surface area contributed by atoms with E-state index in [1.807, 2.05) is 30.3 Å². The predicted molar refractivity (Wildman–Crippen MR) is 105 cm³/mol. The van der Waals surface area contributed by atoms with Crippen LogP contribution >= 0.6 is 11.3 Å². The van der Waals surface area contributed by atoms with Crippen molar-refractivity contribution in [1.82, 2.24) is 4.57 Å². The summed E-state index contributed by atoms with van der Waals surface area (Å²) in [6.45, 7) is 1.70. The van der Waals surface area contributed by atoms with Crippen LogP contribution in [-0.2, 0) is 11.3 Å². The van der Waals surface area contributed by atoms with Gasteiger partial charge in [-0.3, -0.25) is 0 Å². The highest BCUT2D eigenvalue weighted by molar-refractivity contribution is 7.07. The van der Waals surface area contributed by atoms with Gasteiger partial charge < -0.3 is 14.0 Å². The van der Waals surface area contributed by atoms with Crippen LogP contribution in [-0.4, -0.2) is 24.4 Å². The minimum atomic E-state index is 0.266. The molecule has 1 fully saturated rings. The highest BCUT2D eigenvalue weighted by Gasteiger charge is 2.19. The van der Waals surface area contributed by atoms with Crippen LogP contribution in [0.3, 0.4) is 0 Å². The Morgan fingerprint density at radius 3 is 2.65 bits per heavy atom. The lowest BCUT2D eigenvalue weighted by Crippen LogP contribution is -2.23. The van der Waals surface area contributed by atoms with Gasteiger partial charge in [-0.15, -0.1) is 11.3 Å². The van der Waals surface area contributed by atoms with Gasteiger partial charge in [-0.1, -0.05) is 30.3 Å².